The second-order valence-corrected chi connectivity index (χ2v) is 6.25. The van der Waals surface area contributed by atoms with Crippen molar-refractivity contribution in [2.45, 2.75) is 13.0 Å². The molecule has 0 spiro atoms. The lowest BCUT2D eigenvalue weighted by Gasteiger charge is -2.16. The fourth-order valence-corrected chi connectivity index (χ4v) is 2.91. The summed E-state index contributed by atoms with van der Waals surface area (Å²) in [7, 11) is 3.07. The summed E-state index contributed by atoms with van der Waals surface area (Å²) in [5.41, 5.74) is 2.53. The maximum atomic E-state index is 12.5. The molecule has 1 atom stereocenters. The van der Waals surface area contributed by atoms with E-state index >= 15 is 0 Å². The van der Waals surface area contributed by atoms with Crippen LogP contribution in [0, 0.1) is 6.92 Å². The van der Waals surface area contributed by atoms with Crippen molar-refractivity contribution in [1.82, 2.24) is 15.1 Å². The molecule has 2 aromatic carbocycles. The Morgan fingerprint density at radius 3 is 2.57 bits per heavy atom. The number of aliphatic hydroxyl groups is 1. The van der Waals surface area contributed by atoms with Crippen LogP contribution in [0.3, 0.4) is 0 Å². The topological polar surface area (TPSA) is 85.6 Å². The average molecular weight is 381 g/mol. The summed E-state index contributed by atoms with van der Waals surface area (Å²) in [6.45, 7) is 1.90. The highest BCUT2D eigenvalue weighted by Crippen LogP contribution is 2.29. The van der Waals surface area contributed by atoms with Crippen LogP contribution in [0.4, 0.5) is 0 Å². The maximum Gasteiger partial charge on any atom is 0.271 e. The Hall–Kier alpha value is -3.32. The number of hydrogen-bond donors (Lipinski definition) is 2. The summed E-state index contributed by atoms with van der Waals surface area (Å²) in [5, 5.41) is 17.6. The summed E-state index contributed by atoms with van der Waals surface area (Å²) in [5.74, 6) is 0.754. The van der Waals surface area contributed by atoms with Gasteiger partial charge in [0.2, 0.25) is 0 Å². The van der Waals surface area contributed by atoms with Crippen molar-refractivity contribution in [3.8, 4) is 17.2 Å². The van der Waals surface area contributed by atoms with Crippen molar-refractivity contribution < 1.29 is 19.4 Å². The number of para-hydroxylation sites is 1. The SMILES string of the molecule is COc1ccc(OC)c(C(O)CNC(=O)c2cc(C)n(-c3ccccc3)n2)c1. The first kappa shape index (κ1) is 19.4. The van der Waals surface area contributed by atoms with Gasteiger partial charge in [-0.05, 0) is 43.3 Å². The molecule has 0 saturated heterocycles. The van der Waals surface area contributed by atoms with Crippen molar-refractivity contribution in [2.24, 2.45) is 0 Å². The molecule has 1 heterocycles. The van der Waals surface area contributed by atoms with E-state index in [9.17, 15) is 9.90 Å². The number of carbonyl (C=O) groups excluding carboxylic acids is 1. The Morgan fingerprint density at radius 1 is 1.14 bits per heavy atom. The Balaban J connectivity index is 1.71. The second kappa shape index (κ2) is 8.58. The van der Waals surface area contributed by atoms with E-state index in [1.54, 1.807) is 36.1 Å². The third-order valence-corrected chi connectivity index (χ3v) is 4.37. The van der Waals surface area contributed by atoms with Gasteiger partial charge in [-0.2, -0.15) is 5.10 Å². The number of rotatable bonds is 7. The van der Waals surface area contributed by atoms with Gasteiger partial charge in [0.05, 0.1) is 19.9 Å². The third-order valence-electron chi connectivity index (χ3n) is 4.37. The van der Waals surface area contributed by atoms with Crippen molar-refractivity contribution in [3.05, 3.63) is 71.5 Å². The highest BCUT2D eigenvalue weighted by molar-refractivity contribution is 5.92. The number of methoxy groups -OCH3 is 2. The average Bonchev–Trinajstić information content (AvgIpc) is 3.13. The van der Waals surface area contributed by atoms with E-state index in [0.717, 1.165) is 11.4 Å². The zero-order chi connectivity index (χ0) is 20.1. The van der Waals surface area contributed by atoms with Gasteiger partial charge in [-0.1, -0.05) is 18.2 Å². The Morgan fingerprint density at radius 2 is 1.89 bits per heavy atom. The fourth-order valence-electron chi connectivity index (χ4n) is 2.91. The first-order chi connectivity index (χ1) is 13.5. The minimum Gasteiger partial charge on any atom is -0.497 e. The maximum absolute atomic E-state index is 12.5. The number of hydrogen-bond acceptors (Lipinski definition) is 5. The van der Waals surface area contributed by atoms with Crippen LogP contribution in [-0.4, -0.2) is 41.6 Å². The molecule has 0 radical (unpaired) electrons. The number of aryl methyl sites for hydroxylation is 1. The standard InChI is InChI=1S/C21H23N3O4/c1-14-11-18(23-24(14)15-7-5-4-6-8-15)21(26)22-13-19(25)17-12-16(27-2)9-10-20(17)28-3/h4-12,19,25H,13H2,1-3H3,(H,22,26). The van der Waals surface area contributed by atoms with E-state index in [4.69, 9.17) is 9.47 Å². The number of benzene rings is 2. The van der Waals surface area contributed by atoms with Gasteiger partial charge in [0.1, 0.15) is 17.6 Å². The summed E-state index contributed by atoms with van der Waals surface area (Å²) >= 11 is 0. The molecular weight excluding hydrogens is 358 g/mol. The van der Waals surface area contributed by atoms with E-state index in [1.165, 1.54) is 7.11 Å². The smallest absolute Gasteiger partial charge is 0.271 e. The van der Waals surface area contributed by atoms with Gasteiger partial charge in [0.15, 0.2) is 5.69 Å². The van der Waals surface area contributed by atoms with Crippen LogP contribution in [0.25, 0.3) is 5.69 Å². The quantitative estimate of drug-likeness (QED) is 0.657. The van der Waals surface area contributed by atoms with Gasteiger partial charge in [0, 0.05) is 17.8 Å². The molecule has 7 nitrogen and oxygen atoms in total. The van der Waals surface area contributed by atoms with Crippen molar-refractivity contribution >= 4 is 5.91 Å². The monoisotopic (exact) mass is 381 g/mol. The molecule has 3 rings (SSSR count). The number of nitrogens with zero attached hydrogens (tertiary/aromatic N) is 2. The number of aliphatic hydroxyl groups excluding tert-OH is 1. The summed E-state index contributed by atoms with van der Waals surface area (Å²) in [4.78, 5) is 12.5. The fraction of sp³-hybridized carbons (Fsp3) is 0.238. The normalized spacial score (nSPS) is 11.7. The molecule has 1 unspecified atom stereocenters. The molecule has 1 aromatic heterocycles. The van der Waals surface area contributed by atoms with Gasteiger partial charge in [-0.25, -0.2) is 4.68 Å². The van der Waals surface area contributed by atoms with Crippen LogP contribution in [-0.2, 0) is 0 Å². The predicted octanol–water partition coefficient (Wildman–Crippen LogP) is 2.66. The van der Waals surface area contributed by atoms with Gasteiger partial charge in [-0.3, -0.25) is 4.79 Å². The molecule has 3 aromatic rings. The largest absolute Gasteiger partial charge is 0.497 e. The molecule has 0 fully saturated rings. The molecule has 7 heteroatoms. The van der Waals surface area contributed by atoms with E-state index in [0.29, 0.717) is 17.1 Å². The third kappa shape index (κ3) is 4.15. The highest BCUT2D eigenvalue weighted by Gasteiger charge is 2.18. The van der Waals surface area contributed by atoms with E-state index in [1.807, 2.05) is 37.3 Å². The number of amides is 1. The molecule has 0 aliphatic carbocycles. The minimum absolute atomic E-state index is 0.0135. The number of carbonyl (C=O) groups is 1. The molecule has 0 bridgehead atoms. The first-order valence-corrected chi connectivity index (χ1v) is 8.83. The molecular formula is C21H23N3O4. The summed E-state index contributed by atoms with van der Waals surface area (Å²) in [6, 6.07) is 16.4. The van der Waals surface area contributed by atoms with Crippen LogP contribution in [0.15, 0.2) is 54.6 Å². The predicted molar refractivity (Wildman–Crippen MR) is 105 cm³/mol. The lowest BCUT2D eigenvalue weighted by Crippen LogP contribution is -2.29. The summed E-state index contributed by atoms with van der Waals surface area (Å²) < 4.78 is 12.2. The molecule has 2 N–H and O–H groups in total. The van der Waals surface area contributed by atoms with Gasteiger partial charge >= 0.3 is 0 Å². The van der Waals surface area contributed by atoms with E-state index < -0.39 is 6.10 Å². The van der Waals surface area contributed by atoms with Crippen molar-refractivity contribution in [1.29, 1.82) is 0 Å². The highest BCUT2D eigenvalue weighted by atomic mass is 16.5. The molecule has 0 aliphatic rings. The zero-order valence-corrected chi connectivity index (χ0v) is 16.0. The number of aromatic nitrogens is 2. The Labute approximate surface area is 163 Å². The molecule has 146 valence electrons. The Kier molecular flexibility index (Phi) is 5.96. The molecule has 28 heavy (non-hydrogen) atoms. The van der Waals surface area contributed by atoms with Gasteiger partial charge in [0.25, 0.3) is 5.91 Å². The van der Waals surface area contributed by atoms with E-state index in [2.05, 4.69) is 10.4 Å². The van der Waals surface area contributed by atoms with Crippen molar-refractivity contribution in [2.75, 3.05) is 20.8 Å². The van der Waals surface area contributed by atoms with Crippen LogP contribution >= 0.6 is 0 Å². The van der Waals surface area contributed by atoms with Crippen LogP contribution < -0.4 is 14.8 Å². The summed E-state index contributed by atoms with van der Waals surface area (Å²) in [6.07, 6.45) is -0.952. The zero-order valence-electron chi connectivity index (χ0n) is 16.0. The van der Waals surface area contributed by atoms with Crippen molar-refractivity contribution in [3.63, 3.8) is 0 Å². The molecule has 0 saturated carbocycles. The first-order valence-electron chi connectivity index (χ1n) is 8.83. The lowest BCUT2D eigenvalue weighted by molar-refractivity contribution is 0.0909. The van der Waals surface area contributed by atoms with Crippen LogP contribution in [0.1, 0.15) is 27.8 Å². The van der Waals surface area contributed by atoms with Crippen LogP contribution in [0.5, 0.6) is 11.5 Å². The van der Waals surface area contributed by atoms with Crippen LogP contribution in [0.2, 0.25) is 0 Å². The molecule has 1 amide bonds. The van der Waals surface area contributed by atoms with Gasteiger partial charge in [-0.15, -0.1) is 0 Å². The number of nitrogens with one attached hydrogen (secondary N) is 1. The Bertz CT molecular complexity index is 954. The minimum atomic E-state index is -0.952. The lowest BCUT2D eigenvalue weighted by atomic mass is 10.1. The molecule has 0 aliphatic heterocycles. The number of ether oxygens (including phenoxy) is 2. The van der Waals surface area contributed by atoms with E-state index in [-0.39, 0.29) is 18.1 Å². The second-order valence-electron chi connectivity index (χ2n) is 6.25. The van der Waals surface area contributed by atoms with Gasteiger partial charge < -0.3 is 19.9 Å².